The number of fused-ring (bicyclic) bond motifs is 1. The van der Waals surface area contributed by atoms with E-state index in [0.29, 0.717) is 6.04 Å². The van der Waals surface area contributed by atoms with Gasteiger partial charge in [0.15, 0.2) is 0 Å². The second kappa shape index (κ2) is 6.39. The highest BCUT2D eigenvalue weighted by atomic mass is 35.5. The SMILES string of the molecule is CCOCCCNC1Cc2ccc(Cl)cc2C1. The molecule has 0 radical (unpaired) electrons. The minimum atomic E-state index is 0.574. The first kappa shape index (κ1) is 12.9. The summed E-state index contributed by atoms with van der Waals surface area (Å²) < 4.78 is 5.32. The van der Waals surface area contributed by atoms with Gasteiger partial charge in [-0.15, -0.1) is 0 Å². The molecule has 0 saturated heterocycles. The van der Waals surface area contributed by atoms with E-state index in [2.05, 4.69) is 17.4 Å². The molecular formula is C14H20ClNO. The zero-order chi connectivity index (χ0) is 12.1. The first-order chi connectivity index (χ1) is 8.29. The molecule has 0 spiro atoms. The molecule has 1 unspecified atom stereocenters. The second-order valence-corrected chi connectivity index (χ2v) is 4.96. The molecule has 0 saturated carbocycles. The molecule has 17 heavy (non-hydrogen) atoms. The van der Waals surface area contributed by atoms with Crippen LogP contribution in [0.2, 0.25) is 5.02 Å². The Balaban J connectivity index is 1.73. The van der Waals surface area contributed by atoms with Gasteiger partial charge < -0.3 is 10.1 Å². The quantitative estimate of drug-likeness (QED) is 0.788. The largest absolute Gasteiger partial charge is 0.382 e. The van der Waals surface area contributed by atoms with E-state index >= 15 is 0 Å². The molecule has 0 aromatic heterocycles. The van der Waals surface area contributed by atoms with Crippen molar-refractivity contribution in [1.29, 1.82) is 0 Å². The summed E-state index contributed by atoms with van der Waals surface area (Å²) in [6.07, 6.45) is 3.31. The summed E-state index contributed by atoms with van der Waals surface area (Å²) in [5.41, 5.74) is 2.84. The van der Waals surface area contributed by atoms with Crippen LogP contribution in [0.3, 0.4) is 0 Å². The highest BCUT2D eigenvalue weighted by Gasteiger charge is 2.20. The smallest absolute Gasteiger partial charge is 0.0477 e. The van der Waals surface area contributed by atoms with Crippen LogP contribution in [0.4, 0.5) is 0 Å². The van der Waals surface area contributed by atoms with Gasteiger partial charge in [-0.3, -0.25) is 0 Å². The Morgan fingerprint density at radius 3 is 3.00 bits per heavy atom. The molecule has 0 aliphatic heterocycles. The van der Waals surface area contributed by atoms with E-state index in [1.54, 1.807) is 0 Å². The summed E-state index contributed by atoms with van der Waals surface area (Å²) in [6.45, 7) is 4.74. The summed E-state index contributed by atoms with van der Waals surface area (Å²) in [7, 11) is 0. The Kier molecular flexibility index (Phi) is 4.84. The molecule has 2 nitrogen and oxygen atoms in total. The van der Waals surface area contributed by atoms with Crippen LogP contribution < -0.4 is 5.32 Å². The predicted octanol–water partition coefficient (Wildman–Crippen LogP) is 2.82. The fourth-order valence-corrected chi connectivity index (χ4v) is 2.55. The van der Waals surface area contributed by atoms with Crippen LogP contribution in [0.15, 0.2) is 18.2 Å². The van der Waals surface area contributed by atoms with Crippen LogP contribution in [0.5, 0.6) is 0 Å². The molecular weight excluding hydrogens is 234 g/mol. The van der Waals surface area contributed by atoms with Gasteiger partial charge in [0, 0.05) is 24.3 Å². The molecule has 1 aliphatic carbocycles. The Hall–Kier alpha value is -0.570. The van der Waals surface area contributed by atoms with Crippen molar-refractivity contribution in [2.45, 2.75) is 32.2 Å². The van der Waals surface area contributed by atoms with Gasteiger partial charge >= 0.3 is 0 Å². The molecule has 1 atom stereocenters. The van der Waals surface area contributed by atoms with Gasteiger partial charge in [-0.05, 0) is 56.0 Å². The third-order valence-corrected chi connectivity index (χ3v) is 3.44. The van der Waals surface area contributed by atoms with Crippen LogP contribution in [0, 0.1) is 0 Å². The maximum absolute atomic E-state index is 6.00. The van der Waals surface area contributed by atoms with Crippen LogP contribution in [-0.2, 0) is 17.6 Å². The normalized spacial score (nSPS) is 18.4. The standard InChI is InChI=1S/C14H20ClNO/c1-2-17-7-3-6-16-14-9-11-4-5-13(15)8-12(11)10-14/h4-5,8,14,16H,2-3,6-7,9-10H2,1H3. The van der Waals surface area contributed by atoms with Crippen LogP contribution in [-0.4, -0.2) is 25.8 Å². The molecule has 0 bridgehead atoms. The number of hydrogen-bond acceptors (Lipinski definition) is 2. The van der Waals surface area contributed by atoms with Crippen molar-refractivity contribution in [3.63, 3.8) is 0 Å². The van der Waals surface area contributed by atoms with E-state index < -0.39 is 0 Å². The van der Waals surface area contributed by atoms with Crippen molar-refractivity contribution >= 4 is 11.6 Å². The number of benzene rings is 1. The second-order valence-electron chi connectivity index (χ2n) is 4.52. The number of rotatable bonds is 6. The molecule has 1 aromatic carbocycles. The zero-order valence-electron chi connectivity index (χ0n) is 10.3. The van der Waals surface area contributed by atoms with Crippen molar-refractivity contribution < 1.29 is 4.74 Å². The average Bonchev–Trinajstić information content (AvgIpc) is 2.70. The van der Waals surface area contributed by atoms with Gasteiger partial charge in [0.05, 0.1) is 0 Å². The summed E-state index contributed by atoms with van der Waals surface area (Å²) in [5, 5.41) is 4.43. The Morgan fingerprint density at radius 1 is 1.35 bits per heavy atom. The monoisotopic (exact) mass is 253 g/mol. The van der Waals surface area contributed by atoms with Crippen molar-refractivity contribution in [3.8, 4) is 0 Å². The lowest BCUT2D eigenvalue weighted by Crippen LogP contribution is -2.30. The highest BCUT2D eigenvalue weighted by Crippen LogP contribution is 2.25. The summed E-state index contributed by atoms with van der Waals surface area (Å²) >= 11 is 6.00. The summed E-state index contributed by atoms with van der Waals surface area (Å²) in [5.74, 6) is 0. The molecule has 0 heterocycles. The molecule has 1 N–H and O–H groups in total. The number of nitrogens with one attached hydrogen (secondary N) is 1. The van der Waals surface area contributed by atoms with Crippen molar-refractivity contribution in [3.05, 3.63) is 34.3 Å². The third-order valence-electron chi connectivity index (χ3n) is 3.20. The molecule has 1 aromatic rings. The minimum Gasteiger partial charge on any atom is -0.382 e. The van der Waals surface area contributed by atoms with E-state index in [1.807, 2.05) is 13.0 Å². The first-order valence-corrected chi connectivity index (χ1v) is 6.76. The molecule has 2 rings (SSSR count). The van der Waals surface area contributed by atoms with Crippen LogP contribution >= 0.6 is 11.6 Å². The Bertz CT molecular complexity index is 367. The molecule has 1 aliphatic rings. The van der Waals surface area contributed by atoms with Gasteiger partial charge in [0.1, 0.15) is 0 Å². The minimum absolute atomic E-state index is 0.574. The van der Waals surface area contributed by atoms with Crippen molar-refractivity contribution in [1.82, 2.24) is 5.32 Å². The Morgan fingerprint density at radius 2 is 2.18 bits per heavy atom. The molecule has 94 valence electrons. The van der Waals surface area contributed by atoms with Gasteiger partial charge in [-0.2, -0.15) is 0 Å². The predicted molar refractivity (Wildman–Crippen MR) is 71.8 cm³/mol. The van der Waals surface area contributed by atoms with Gasteiger partial charge in [0.25, 0.3) is 0 Å². The highest BCUT2D eigenvalue weighted by molar-refractivity contribution is 6.30. The van der Waals surface area contributed by atoms with Crippen LogP contribution in [0.25, 0.3) is 0 Å². The number of ether oxygens (including phenoxy) is 1. The van der Waals surface area contributed by atoms with Crippen molar-refractivity contribution in [2.75, 3.05) is 19.8 Å². The van der Waals surface area contributed by atoms with E-state index in [4.69, 9.17) is 16.3 Å². The lowest BCUT2D eigenvalue weighted by molar-refractivity contribution is 0.144. The van der Waals surface area contributed by atoms with Gasteiger partial charge in [0.2, 0.25) is 0 Å². The van der Waals surface area contributed by atoms with Crippen LogP contribution in [0.1, 0.15) is 24.5 Å². The third kappa shape index (κ3) is 3.70. The Labute approximate surface area is 108 Å². The fraction of sp³-hybridized carbons (Fsp3) is 0.571. The van der Waals surface area contributed by atoms with E-state index in [1.165, 1.54) is 11.1 Å². The summed E-state index contributed by atoms with van der Waals surface area (Å²) in [4.78, 5) is 0. The van der Waals surface area contributed by atoms with Gasteiger partial charge in [-0.1, -0.05) is 17.7 Å². The maximum Gasteiger partial charge on any atom is 0.0477 e. The molecule has 3 heteroatoms. The number of halogens is 1. The van der Waals surface area contributed by atoms with E-state index in [-0.39, 0.29) is 0 Å². The average molecular weight is 254 g/mol. The van der Waals surface area contributed by atoms with Gasteiger partial charge in [-0.25, -0.2) is 0 Å². The topological polar surface area (TPSA) is 21.3 Å². The molecule has 0 fully saturated rings. The lowest BCUT2D eigenvalue weighted by Gasteiger charge is -2.11. The lowest BCUT2D eigenvalue weighted by atomic mass is 10.1. The fourth-order valence-electron chi connectivity index (χ4n) is 2.36. The molecule has 0 amide bonds. The number of hydrogen-bond donors (Lipinski definition) is 1. The zero-order valence-corrected chi connectivity index (χ0v) is 11.1. The summed E-state index contributed by atoms with van der Waals surface area (Å²) in [6, 6.07) is 6.81. The maximum atomic E-state index is 6.00. The van der Waals surface area contributed by atoms with E-state index in [9.17, 15) is 0 Å². The van der Waals surface area contributed by atoms with E-state index in [0.717, 1.165) is 44.0 Å². The first-order valence-electron chi connectivity index (χ1n) is 6.38. The van der Waals surface area contributed by atoms with Crippen molar-refractivity contribution in [2.24, 2.45) is 0 Å².